The summed E-state index contributed by atoms with van der Waals surface area (Å²) >= 11 is 7.23. The molecule has 1 atom stereocenters. The van der Waals surface area contributed by atoms with Crippen LogP contribution in [-0.2, 0) is 0 Å². The first-order chi connectivity index (χ1) is 9.06. The smallest absolute Gasteiger partial charge is 0.188 e. The Kier molecular flexibility index (Phi) is 4.56. The fraction of sp³-hybridized carbons (Fsp3) is 0.214. The zero-order valence-electron chi connectivity index (χ0n) is 10.6. The number of benzene rings is 1. The minimum absolute atomic E-state index is 0.0247. The van der Waals surface area contributed by atoms with Gasteiger partial charge in [-0.1, -0.05) is 35.5 Å². The lowest BCUT2D eigenvalue weighted by Gasteiger charge is -2.09. The fourth-order valence-electron chi connectivity index (χ4n) is 1.53. The van der Waals surface area contributed by atoms with Crippen LogP contribution < -0.4 is 0 Å². The lowest BCUT2D eigenvalue weighted by molar-refractivity contribution is 0.0994. The normalized spacial score (nSPS) is 12.2. The number of hydrogen-bond acceptors (Lipinski definition) is 4. The molecular formula is C14H13ClN2OS. The molecule has 3 nitrogen and oxygen atoms in total. The number of hydrogen-bond donors (Lipinski definition) is 0. The zero-order chi connectivity index (χ0) is 13.8. The van der Waals surface area contributed by atoms with Gasteiger partial charge in [0.25, 0.3) is 0 Å². The highest BCUT2D eigenvalue weighted by atomic mass is 35.5. The maximum absolute atomic E-state index is 12.2. The Morgan fingerprint density at radius 1 is 1.32 bits per heavy atom. The van der Waals surface area contributed by atoms with Crippen molar-refractivity contribution in [3.05, 3.63) is 52.8 Å². The maximum Gasteiger partial charge on any atom is 0.188 e. The van der Waals surface area contributed by atoms with Crippen LogP contribution >= 0.6 is 23.4 Å². The van der Waals surface area contributed by atoms with Crippen molar-refractivity contribution >= 4 is 29.1 Å². The molecule has 2 rings (SSSR count). The van der Waals surface area contributed by atoms with Crippen molar-refractivity contribution in [2.45, 2.75) is 24.3 Å². The average Bonchev–Trinajstić information content (AvgIpc) is 2.40. The largest absolute Gasteiger partial charge is 0.293 e. The number of ketones is 1. The lowest BCUT2D eigenvalue weighted by atomic mass is 10.1. The number of Topliss-reactive ketones (excluding diaryl/α,β-unsaturated/α-hetero) is 1. The zero-order valence-corrected chi connectivity index (χ0v) is 12.2. The Balaban J connectivity index is 2.09. The van der Waals surface area contributed by atoms with E-state index in [2.05, 4.69) is 9.97 Å². The van der Waals surface area contributed by atoms with Gasteiger partial charge in [0.1, 0.15) is 0 Å². The van der Waals surface area contributed by atoms with E-state index in [0.29, 0.717) is 15.7 Å². The second-order valence-corrected chi connectivity index (χ2v) is 5.92. The third-order valence-electron chi connectivity index (χ3n) is 2.52. The Bertz CT molecular complexity index is 586. The molecule has 0 aliphatic carbocycles. The summed E-state index contributed by atoms with van der Waals surface area (Å²) in [4.78, 5) is 20.6. The molecule has 0 fully saturated rings. The van der Waals surface area contributed by atoms with E-state index >= 15 is 0 Å². The van der Waals surface area contributed by atoms with Gasteiger partial charge in [-0.05, 0) is 31.5 Å². The first-order valence-electron chi connectivity index (χ1n) is 5.81. The van der Waals surface area contributed by atoms with Gasteiger partial charge in [-0.3, -0.25) is 4.79 Å². The summed E-state index contributed by atoms with van der Waals surface area (Å²) in [5.74, 6) is 0.0247. The highest BCUT2D eigenvalue weighted by Gasteiger charge is 2.17. The van der Waals surface area contributed by atoms with Crippen molar-refractivity contribution in [1.29, 1.82) is 0 Å². The number of thioether (sulfide) groups is 1. The topological polar surface area (TPSA) is 42.9 Å². The Hall–Kier alpha value is -1.39. The summed E-state index contributed by atoms with van der Waals surface area (Å²) in [5, 5.41) is 0.921. The van der Waals surface area contributed by atoms with Crippen molar-refractivity contribution in [2.75, 3.05) is 0 Å². The van der Waals surface area contributed by atoms with E-state index in [1.165, 1.54) is 11.8 Å². The van der Waals surface area contributed by atoms with Gasteiger partial charge in [-0.2, -0.15) is 0 Å². The lowest BCUT2D eigenvalue weighted by Crippen LogP contribution is -2.14. The van der Waals surface area contributed by atoms with E-state index in [-0.39, 0.29) is 11.0 Å². The molecule has 1 unspecified atom stereocenters. The number of nitrogens with zero attached hydrogens (tertiary/aromatic N) is 2. The molecule has 0 saturated carbocycles. The number of aryl methyl sites for hydroxylation is 1. The Morgan fingerprint density at radius 3 is 2.63 bits per heavy atom. The van der Waals surface area contributed by atoms with Gasteiger partial charge in [-0.25, -0.2) is 9.97 Å². The molecule has 2 aromatic rings. The molecule has 5 heteroatoms. The molecule has 0 spiro atoms. The highest BCUT2D eigenvalue weighted by Crippen LogP contribution is 2.23. The van der Waals surface area contributed by atoms with Crippen LogP contribution in [0.2, 0.25) is 5.02 Å². The van der Waals surface area contributed by atoms with Gasteiger partial charge in [0.05, 0.1) is 5.25 Å². The van der Waals surface area contributed by atoms with Crippen LogP contribution in [0.15, 0.2) is 41.8 Å². The summed E-state index contributed by atoms with van der Waals surface area (Å²) in [5.41, 5.74) is 1.61. The maximum atomic E-state index is 12.2. The molecule has 0 saturated heterocycles. The van der Waals surface area contributed by atoms with Crippen molar-refractivity contribution in [3.63, 3.8) is 0 Å². The van der Waals surface area contributed by atoms with E-state index in [1.807, 2.05) is 13.8 Å². The van der Waals surface area contributed by atoms with Crippen molar-refractivity contribution in [1.82, 2.24) is 9.97 Å². The van der Waals surface area contributed by atoms with E-state index in [1.54, 1.807) is 36.7 Å². The van der Waals surface area contributed by atoms with Crippen molar-refractivity contribution in [2.24, 2.45) is 0 Å². The monoisotopic (exact) mass is 292 g/mol. The first-order valence-corrected chi connectivity index (χ1v) is 7.07. The number of rotatable bonds is 4. The minimum atomic E-state index is -0.249. The number of carbonyl (C=O) groups excluding carboxylic acids is 1. The molecule has 0 bridgehead atoms. The van der Waals surface area contributed by atoms with Crippen molar-refractivity contribution in [3.8, 4) is 0 Å². The SMILES string of the molecule is Cc1cnc(SC(C)C(=O)c2cccc(Cl)c2)nc1. The Morgan fingerprint density at radius 2 is 2.00 bits per heavy atom. The average molecular weight is 293 g/mol. The van der Waals surface area contributed by atoms with Gasteiger partial charge in [0.15, 0.2) is 10.9 Å². The summed E-state index contributed by atoms with van der Waals surface area (Å²) in [6.07, 6.45) is 3.48. The molecule has 19 heavy (non-hydrogen) atoms. The van der Waals surface area contributed by atoms with Crippen LogP contribution in [0.25, 0.3) is 0 Å². The molecule has 0 amide bonds. The predicted molar refractivity (Wildman–Crippen MR) is 77.9 cm³/mol. The molecule has 0 N–H and O–H groups in total. The first kappa shape index (κ1) is 14.0. The summed E-state index contributed by atoms with van der Waals surface area (Å²) in [6.45, 7) is 3.77. The Labute approximate surface area is 121 Å². The van der Waals surface area contributed by atoms with Gasteiger partial charge in [0, 0.05) is 23.0 Å². The summed E-state index contributed by atoms with van der Waals surface area (Å²) in [6, 6.07) is 6.97. The second-order valence-electron chi connectivity index (χ2n) is 4.18. The quantitative estimate of drug-likeness (QED) is 0.488. The molecule has 1 heterocycles. The molecule has 0 aliphatic rings. The summed E-state index contributed by atoms with van der Waals surface area (Å²) in [7, 11) is 0. The minimum Gasteiger partial charge on any atom is -0.293 e. The summed E-state index contributed by atoms with van der Waals surface area (Å²) < 4.78 is 0. The van der Waals surface area contributed by atoms with E-state index in [0.717, 1.165) is 5.56 Å². The standard InChI is InChI=1S/C14H13ClN2OS/c1-9-7-16-14(17-8-9)19-10(2)13(18)11-4-3-5-12(15)6-11/h3-8,10H,1-2H3. The number of halogens is 1. The molecular weight excluding hydrogens is 280 g/mol. The van der Waals surface area contributed by atoms with E-state index in [9.17, 15) is 4.79 Å². The molecule has 1 aromatic carbocycles. The fourth-order valence-corrected chi connectivity index (χ4v) is 2.51. The van der Waals surface area contributed by atoms with E-state index in [4.69, 9.17) is 11.6 Å². The van der Waals surface area contributed by atoms with Crippen molar-refractivity contribution < 1.29 is 4.79 Å². The predicted octanol–water partition coefficient (Wildman–Crippen LogP) is 3.80. The molecule has 0 aliphatic heterocycles. The third kappa shape index (κ3) is 3.78. The van der Waals surface area contributed by atoms with Crippen LogP contribution in [-0.4, -0.2) is 21.0 Å². The van der Waals surface area contributed by atoms with Gasteiger partial charge in [-0.15, -0.1) is 0 Å². The second kappa shape index (κ2) is 6.17. The third-order valence-corrected chi connectivity index (χ3v) is 3.74. The van der Waals surface area contributed by atoms with Gasteiger partial charge < -0.3 is 0 Å². The van der Waals surface area contributed by atoms with Crippen LogP contribution in [0.1, 0.15) is 22.8 Å². The van der Waals surface area contributed by atoms with Crippen LogP contribution in [0.5, 0.6) is 0 Å². The van der Waals surface area contributed by atoms with Crippen LogP contribution in [0.3, 0.4) is 0 Å². The van der Waals surface area contributed by atoms with Crippen LogP contribution in [0, 0.1) is 6.92 Å². The van der Waals surface area contributed by atoms with Gasteiger partial charge in [0.2, 0.25) is 0 Å². The highest BCUT2D eigenvalue weighted by molar-refractivity contribution is 8.00. The number of carbonyl (C=O) groups is 1. The molecule has 98 valence electrons. The molecule has 0 radical (unpaired) electrons. The van der Waals surface area contributed by atoms with Crippen LogP contribution in [0.4, 0.5) is 0 Å². The van der Waals surface area contributed by atoms with Gasteiger partial charge >= 0.3 is 0 Å². The number of aromatic nitrogens is 2. The van der Waals surface area contributed by atoms with E-state index < -0.39 is 0 Å². The molecule has 1 aromatic heterocycles.